The number of unbranched alkanes of at least 4 members (excludes halogenated alkanes) is 1. The lowest BCUT2D eigenvalue weighted by Crippen LogP contribution is -2.53. The van der Waals surface area contributed by atoms with Crippen molar-refractivity contribution in [2.24, 2.45) is 0 Å². The van der Waals surface area contributed by atoms with Crippen molar-refractivity contribution in [1.29, 1.82) is 0 Å². The number of hydrogen-bond acceptors (Lipinski definition) is 3. The van der Waals surface area contributed by atoms with Gasteiger partial charge in [0.15, 0.2) is 8.32 Å². The third-order valence-corrected chi connectivity index (χ3v) is 16.2. The molecule has 0 radical (unpaired) electrons. The fourth-order valence-corrected chi connectivity index (χ4v) is 18.1. The number of hydrogen-bond donors (Lipinski definition) is 0. The first-order valence-electron chi connectivity index (χ1n) is 7.08. The van der Waals surface area contributed by atoms with Crippen LogP contribution in [0, 0.1) is 0 Å². The Morgan fingerprint density at radius 3 is 1.89 bits per heavy atom. The maximum Gasteiger partial charge on any atom is 0.312 e. The normalized spacial score (nSPS) is 14.7. The van der Waals surface area contributed by atoms with Gasteiger partial charge in [-0.2, -0.15) is 0 Å². The molecule has 0 rings (SSSR count). The number of rotatable bonds is 9. The van der Waals surface area contributed by atoms with Crippen molar-refractivity contribution in [2.45, 2.75) is 71.6 Å². The lowest BCUT2D eigenvalue weighted by atomic mass is 10.4. The maximum absolute atomic E-state index is 6.44. The van der Waals surface area contributed by atoms with E-state index < -0.39 is 35.2 Å². The SMILES string of the molecule is CCCC[Si](C)(C)O[Si](C)(C)O[Si](C)(C)O[SiH2]C. The van der Waals surface area contributed by atoms with E-state index in [-0.39, 0.29) is 0 Å². The Balaban J connectivity index is 4.45. The first-order valence-corrected chi connectivity index (χ1v) is 17.8. The van der Waals surface area contributed by atoms with Crippen molar-refractivity contribution in [3.05, 3.63) is 0 Å². The highest BCUT2D eigenvalue weighted by molar-refractivity contribution is 6.87. The highest BCUT2D eigenvalue weighted by Gasteiger charge is 2.39. The Bertz CT molecular complexity index is 244. The van der Waals surface area contributed by atoms with Crippen LogP contribution in [-0.4, -0.2) is 35.2 Å². The van der Waals surface area contributed by atoms with E-state index in [1.54, 1.807) is 0 Å². The summed E-state index contributed by atoms with van der Waals surface area (Å²) in [7, 11) is -5.96. The van der Waals surface area contributed by atoms with Gasteiger partial charge in [-0.05, 0) is 45.3 Å². The molecule has 3 nitrogen and oxygen atoms in total. The van der Waals surface area contributed by atoms with Crippen LogP contribution in [0.3, 0.4) is 0 Å². The Hall–Kier alpha value is 0.748. The van der Waals surface area contributed by atoms with Gasteiger partial charge < -0.3 is 12.3 Å². The molecule has 0 unspecified atom stereocenters. The van der Waals surface area contributed by atoms with E-state index in [9.17, 15) is 0 Å². The van der Waals surface area contributed by atoms with Gasteiger partial charge in [-0.15, -0.1) is 0 Å². The Morgan fingerprint density at radius 2 is 1.44 bits per heavy atom. The second-order valence-corrected chi connectivity index (χ2v) is 19.3. The Morgan fingerprint density at radius 1 is 0.889 bits per heavy atom. The van der Waals surface area contributed by atoms with Gasteiger partial charge in [-0.3, -0.25) is 0 Å². The summed E-state index contributed by atoms with van der Waals surface area (Å²) in [5, 5.41) is 0. The minimum Gasteiger partial charge on any atom is -0.442 e. The van der Waals surface area contributed by atoms with E-state index in [4.69, 9.17) is 12.3 Å². The summed E-state index contributed by atoms with van der Waals surface area (Å²) in [5.41, 5.74) is 0. The molecule has 110 valence electrons. The van der Waals surface area contributed by atoms with Crippen LogP contribution in [0.2, 0.25) is 51.9 Å². The van der Waals surface area contributed by atoms with Crippen LogP contribution in [0.1, 0.15) is 19.8 Å². The van der Waals surface area contributed by atoms with Crippen LogP contribution in [0.5, 0.6) is 0 Å². The highest BCUT2D eigenvalue weighted by Crippen LogP contribution is 2.24. The average Bonchev–Trinajstić information content (AvgIpc) is 2.10. The summed E-state index contributed by atoms with van der Waals surface area (Å²) in [4.78, 5) is 0. The Kier molecular flexibility index (Phi) is 7.82. The molecular formula is C11H32O3Si4. The van der Waals surface area contributed by atoms with Gasteiger partial charge in [-0.25, -0.2) is 0 Å². The maximum atomic E-state index is 6.44. The van der Waals surface area contributed by atoms with Crippen LogP contribution in [-0.2, 0) is 12.3 Å². The molecule has 0 atom stereocenters. The standard InChI is InChI=1S/C11H32O3Si4/c1-9-10-11-16(3,4)13-18(7,8)14-17(5,6)12-15-2/h9-11,15H2,1-8H3. The van der Waals surface area contributed by atoms with Crippen molar-refractivity contribution < 1.29 is 12.3 Å². The van der Waals surface area contributed by atoms with Crippen molar-refractivity contribution >= 4 is 35.2 Å². The predicted molar refractivity (Wildman–Crippen MR) is 89.8 cm³/mol. The van der Waals surface area contributed by atoms with Crippen molar-refractivity contribution in [3.8, 4) is 0 Å². The average molecular weight is 325 g/mol. The monoisotopic (exact) mass is 324 g/mol. The molecule has 0 aromatic carbocycles. The minimum atomic E-state index is -2.04. The summed E-state index contributed by atoms with van der Waals surface area (Å²) >= 11 is 0. The van der Waals surface area contributed by atoms with Gasteiger partial charge in [0.2, 0.25) is 0 Å². The molecule has 0 fully saturated rings. The van der Waals surface area contributed by atoms with Crippen LogP contribution in [0.15, 0.2) is 0 Å². The molecule has 0 heterocycles. The van der Waals surface area contributed by atoms with Crippen LogP contribution < -0.4 is 0 Å². The summed E-state index contributed by atoms with van der Waals surface area (Å²) in [5.74, 6) is 0. The van der Waals surface area contributed by atoms with Gasteiger partial charge >= 0.3 is 17.1 Å². The molecule has 7 heteroatoms. The Labute approximate surface area is 119 Å². The van der Waals surface area contributed by atoms with Crippen molar-refractivity contribution in [3.63, 3.8) is 0 Å². The van der Waals surface area contributed by atoms with Gasteiger partial charge in [0.25, 0.3) is 0 Å². The first kappa shape index (κ1) is 18.7. The van der Waals surface area contributed by atoms with Gasteiger partial charge in [0.1, 0.15) is 9.76 Å². The van der Waals surface area contributed by atoms with Gasteiger partial charge in [0.05, 0.1) is 0 Å². The zero-order valence-electron chi connectivity index (χ0n) is 13.6. The third-order valence-electron chi connectivity index (χ3n) is 2.64. The van der Waals surface area contributed by atoms with Gasteiger partial charge in [0, 0.05) is 0 Å². The smallest absolute Gasteiger partial charge is 0.312 e. The van der Waals surface area contributed by atoms with Crippen LogP contribution in [0.25, 0.3) is 0 Å². The van der Waals surface area contributed by atoms with Crippen molar-refractivity contribution in [2.75, 3.05) is 0 Å². The summed E-state index contributed by atoms with van der Waals surface area (Å²) < 4.78 is 18.6. The molecule has 0 aliphatic rings. The topological polar surface area (TPSA) is 27.7 Å². The van der Waals surface area contributed by atoms with E-state index in [1.807, 2.05) is 0 Å². The molecule has 0 aliphatic carbocycles. The molecule has 0 amide bonds. The second kappa shape index (κ2) is 7.51. The highest BCUT2D eigenvalue weighted by atomic mass is 28.5. The van der Waals surface area contributed by atoms with E-state index in [1.165, 1.54) is 18.9 Å². The summed E-state index contributed by atoms with van der Waals surface area (Å²) in [6.45, 7) is 17.6. The summed E-state index contributed by atoms with van der Waals surface area (Å²) in [6, 6.07) is 1.23. The van der Waals surface area contributed by atoms with Crippen molar-refractivity contribution in [1.82, 2.24) is 0 Å². The molecule has 0 aliphatic heterocycles. The fourth-order valence-electron chi connectivity index (χ4n) is 2.31. The van der Waals surface area contributed by atoms with Crippen LogP contribution in [0.4, 0.5) is 0 Å². The quantitative estimate of drug-likeness (QED) is 0.607. The lowest BCUT2D eigenvalue weighted by molar-refractivity contribution is 0.336. The molecular weight excluding hydrogens is 292 g/mol. The molecule has 0 bridgehead atoms. The van der Waals surface area contributed by atoms with E-state index in [0.717, 1.165) is 0 Å². The minimum absolute atomic E-state index is 0.400. The zero-order valence-corrected chi connectivity index (χ0v) is 18.0. The molecule has 0 saturated carbocycles. The molecule has 0 spiro atoms. The second-order valence-electron chi connectivity index (χ2n) is 6.30. The third kappa shape index (κ3) is 8.78. The molecule has 0 saturated heterocycles. The zero-order chi connectivity index (χ0) is 14.4. The van der Waals surface area contributed by atoms with E-state index in [2.05, 4.69) is 52.8 Å². The lowest BCUT2D eigenvalue weighted by Gasteiger charge is -2.38. The predicted octanol–water partition coefficient (Wildman–Crippen LogP) is 3.58. The fraction of sp³-hybridized carbons (Fsp3) is 1.00. The molecule has 18 heavy (non-hydrogen) atoms. The molecule has 0 aromatic heterocycles. The molecule has 0 N–H and O–H groups in total. The first-order chi connectivity index (χ1) is 8.04. The van der Waals surface area contributed by atoms with Gasteiger partial charge in [-0.1, -0.05) is 26.3 Å². The van der Waals surface area contributed by atoms with E-state index >= 15 is 0 Å². The molecule has 0 aromatic rings. The van der Waals surface area contributed by atoms with Crippen LogP contribution >= 0.6 is 0 Å². The largest absolute Gasteiger partial charge is 0.442 e. The van der Waals surface area contributed by atoms with E-state index in [0.29, 0.717) is 0 Å². The summed E-state index contributed by atoms with van der Waals surface area (Å²) in [6.07, 6.45) is 2.51.